The Hall–Kier alpha value is -2.16. The summed E-state index contributed by atoms with van der Waals surface area (Å²) in [5.41, 5.74) is 7.51. The minimum Gasteiger partial charge on any atom is -0.303 e. The lowest BCUT2D eigenvalue weighted by Crippen LogP contribution is -2.43. The zero-order valence-corrected chi connectivity index (χ0v) is 19.2. The molecule has 2 aliphatic heterocycles. The number of fused-ring (bicyclic) bond motifs is 2. The summed E-state index contributed by atoms with van der Waals surface area (Å²) in [6, 6.07) is 20.5. The maximum atomic E-state index is 2.72. The van der Waals surface area contributed by atoms with E-state index in [2.05, 4.69) is 78.2 Å². The number of hydrogen-bond donors (Lipinski definition) is 0. The summed E-state index contributed by atoms with van der Waals surface area (Å²) in [4.78, 5) is 5.43. The van der Waals surface area contributed by atoms with E-state index in [0.717, 1.165) is 18.9 Å². The molecule has 162 valence electrons. The molecule has 2 heterocycles. The molecular weight excluding hydrogens is 376 g/mol. The second kappa shape index (κ2) is 9.14. The molecule has 1 atom stereocenters. The van der Waals surface area contributed by atoms with Crippen molar-refractivity contribution in [3.8, 4) is 0 Å². The van der Waals surface area contributed by atoms with Gasteiger partial charge in [0.15, 0.2) is 0 Å². The summed E-state index contributed by atoms with van der Waals surface area (Å²) in [5.74, 6) is 0.818. The molecule has 0 aliphatic carbocycles. The predicted molar refractivity (Wildman–Crippen MR) is 132 cm³/mol. The van der Waals surface area contributed by atoms with Crippen LogP contribution in [-0.2, 0) is 19.4 Å². The Kier molecular flexibility index (Phi) is 6.11. The van der Waals surface area contributed by atoms with Gasteiger partial charge in [0, 0.05) is 32.7 Å². The second-order valence-corrected chi connectivity index (χ2v) is 9.93. The Balaban J connectivity index is 1.15. The van der Waals surface area contributed by atoms with Crippen LogP contribution in [0.5, 0.6) is 0 Å². The van der Waals surface area contributed by atoms with E-state index < -0.39 is 0 Å². The summed E-state index contributed by atoms with van der Waals surface area (Å²) in [5, 5.41) is 2.71. The van der Waals surface area contributed by atoms with Crippen molar-refractivity contribution >= 4 is 10.8 Å². The fraction of sp³-hybridized carbons (Fsp3) is 0.448. The van der Waals surface area contributed by atoms with E-state index in [1.807, 2.05) is 0 Å². The Labute approximate surface area is 187 Å². The van der Waals surface area contributed by atoms with Crippen LogP contribution in [0.4, 0.5) is 0 Å². The first-order chi connectivity index (χ1) is 15.1. The van der Waals surface area contributed by atoms with E-state index in [4.69, 9.17) is 0 Å². The van der Waals surface area contributed by atoms with Crippen LogP contribution >= 0.6 is 0 Å². The van der Waals surface area contributed by atoms with Gasteiger partial charge in [0.2, 0.25) is 0 Å². The normalized spacial score (nSPS) is 20.1. The molecule has 1 unspecified atom stereocenters. The van der Waals surface area contributed by atoms with Gasteiger partial charge in [0.25, 0.3) is 0 Å². The first-order valence-electron chi connectivity index (χ1n) is 12.2. The first-order valence-corrected chi connectivity index (χ1v) is 12.2. The van der Waals surface area contributed by atoms with Gasteiger partial charge in [0.05, 0.1) is 0 Å². The lowest BCUT2D eigenvalue weighted by molar-refractivity contribution is 0.127. The van der Waals surface area contributed by atoms with Crippen molar-refractivity contribution in [3.63, 3.8) is 0 Å². The summed E-state index contributed by atoms with van der Waals surface area (Å²) < 4.78 is 0. The molecular formula is C29H36N2. The molecule has 1 saturated heterocycles. The third-order valence-electron chi connectivity index (χ3n) is 7.56. The van der Waals surface area contributed by atoms with Gasteiger partial charge in [-0.1, -0.05) is 54.6 Å². The average molecular weight is 413 g/mol. The van der Waals surface area contributed by atoms with Gasteiger partial charge in [-0.05, 0) is 90.6 Å². The summed E-state index contributed by atoms with van der Waals surface area (Å²) in [7, 11) is 0. The molecule has 3 aromatic rings. The number of benzene rings is 3. The van der Waals surface area contributed by atoms with Crippen LogP contribution in [0.25, 0.3) is 10.8 Å². The van der Waals surface area contributed by atoms with Gasteiger partial charge in [0.1, 0.15) is 0 Å². The fourth-order valence-corrected chi connectivity index (χ4v) is 5.62. The van der Waals surface area contributed by atoms with Crippen LogP contribution in [0.2, 0.25) is 0 Å². The molecule has 0 saturated carbocycles. The predicted octanol–water partition coefficient (Wildman–Crippen LogP) is 5.77. The van der Waals surface area contributed by atoms with Crippen LogP contribution in [0.3, 0.4) is 0 Å². The number of aryl methyl sites for hydroxylation is 2. The van der Waals surface area contributed by atoms with Crippen LogP contribution < -0.4 is 0 Å². The zero-order valence-electron chi connectivity index (χ0n) is 19.2. The lowest BCUT2D eigenvalue weighted by atomic mass is 9.92. The van der Waals surface area contributed by atoms with Crippen molar-refractivity contribution in [1.29, 1.82) is 0 Å². The number of rotatable bonds is 5. The number of nitrogens with zero attached hydrogens (tertiary/aromatic N) is 2. The smallest absolute Gasteiger partial charge is 0.0236 e. The summed E-state index contributed by atoms with van der Waals surface area (Å²) in [6.45, 7) is 11.9. The lowest BCUT2D eigenvalue weighted by Gasteiger charge is -2.37. The van der Waals surface area contributed by atoms with E-state index in [1.165, 1.54) is 79.4 Å². The third-order valence-corrected chi connectivity index (χ3v) is 7.56. The molecule has 0 amide bonds. The highest BCUT2D eigenvalue weighted by atomic mass is 15.2. The fourth-order valence-electron chi connectivity index (χ4n) is 5.62. The van der Waals surface area contributed by atoms with Gasteiger partial charge in [-0.15, -0.1) is 0 Å². The van der Waals surface area contributed by atoms with Crippen molar-refractivity contribution in [2.45, 2.75) is 46.1 Å². The molecule has 3 aromatic carbocycles. The van der Waals surface area contributed by atoms with E-state index >= 15 is 0 Å². The molecule has 1 fully saturated rings. The van der Waals surface area contributed by atoms with E-state index in [0.29, 0.717) is 0 Å². The van der Waals surface area contributed by atoms with Gasteiger partial charge in [-0.25, -0.2) is 0 Å². The van der Waals surface area contributed by atoms with E-state index in [1.54, 1.807) is 11.1 Å². The van der Waals surface area contributed by atoms with Gasteiger partial charge in [-0.2, -0.15) is 0 Å². The molecule has 0 N–H and O–H groups in total. The summed E-state index contributed by atoms with van der Waals surface area (Å²) in [6.07, 6.45) is 5.12. The highest BCUT2D eigenvalue weighted by Gasteiger charge is 2.24. The zero-order chi connectivity index (χ0) is 21.2. The van der Waals surface area contributed by atoms with Crippen molar-refractivity contribution in [1.82, 2.24) is 9.80 Å². The molecule has 0 radical (unpaired) electrons. The molecule has 2 aliphatic rings. The Morgan fingerprint density at radius 3 is 2.52 bits per heavy atom. The molecule has 0 bridgehead atoms. The standard InChI is InChI=1S/C29H36N2/c1-22-16-28-12-15-31(21-29(28)17-23(22)2)20-25-6-5-13-30(19-25)14-11-24-9-10-26-7-3-4-8-27(26)18-24/h3-4,7-10,16-18,25H,5-6,11-15,19-21H2,1-2H3. The van der Waals surface area contributed by atoms with Crippen molar-refractivity contribution in [2.75, 3.05) is 32.7 Å². The second-order valence-electron chi connectivity index (χ2n) is 9.93. The number of hydrogen-bond acceptors (Lipinski definition) is 2. The third kappa shape index (κ3) is 4.86. The van der Waals surface area contributed by atoms with Gasteiger partial charge < -0.3 is 4.90 Å². The quantitative estimate of drug-likeness (QED) is 0.525. The monoisotopic (exact) mass is 412 g/mol. The van der Waals surface area contributed by atoms with Crippen LogP contribution in [0.15, 0.2) is 54.6 Å². The summed E-state index contributed by atoms with van der Waals surface area (Å²) >= 11 is 0. The minimum absolute atomic E-state index is 0.818. The molecule has 0 aromatic heterocycles. The highest BCUT2D eigenvalue weighted by molar-refractivity contribution is 5.82. The largest absolute Gasteiger partial charge is 0.303 e. The maximum absolute atomic E-state index is 2.72. The van der Waals surface area contributed by atoms with Gasteiger partial charge >= 0.3 is 0 Å². The molecule has 2 nitrogen and oxygen atoms in total. The van der Waals surface area contributed by atoms with Crippen LogP contribution in [0.1, 0.15) is 40.7 Å². The highest BCUT2D eigenvalue weighted by Crippen LogP contribution is 2.25. The number of piperidine rings is 1. The van der Waals surface area contributed by atoms with E-state index in [-0.39, 0.29) is 0 Å². The molecule has 0 spiro atoms. The first kappa shape index (κ1) is 20.7. The molecule has 2 heteroatoms. The Morgan fingerprint density at radius 1 is 0.839 bits per heavy atom. The van der Waals surface area contributed by atoms with Crippen LogP contribution in [0, 0.1) is 19.8 Å². The van der Waals surface area contributed by atoms with Crippen molar-refractivity contribution in [2.24, 2.45) is 5.92 Å². The SMILES string of the molecule is Cc1cc2c(cc1C)CN(CC1CCCN(CCc3ccc4ccccc4c3)C1)CC2. The van der Waals surface area contributed by atoms with Crippen LogP contribution in [-0.4, -0.2) is 42.5 Å². The maximum Gasteiger partial charge on any atom is 0.0236 e. The van der Waals surface area contributed by atoms with Gasteiger partial charge in [-0.3, -0.25) is 4.90 Å². The molecule has 5 rings (SSSR count). The van der Waals surface area contributed by atoms with Crippen molar-refractivity contribution in [3.05, 3.63) is 82.4 Å². The minimum atomic E-state index is 0.818. The van der Waals surface area contributed by atoms with Crippen molar-refractivity contribution < 1.29 is 0 Å². The Bertz CT molecular complexity index is 1050. The Morgan fingerprint density at radius 2 is 1.65 bits per heavy atom. The molecule has 31 heavy (non-hydrogen) atoms. The number of likely N-dealkylation sites (tertiary alicyclic amines) is 1. The average Bonchev–Trinajstić information content (AvgIpc) is 2.79. The topological polar surface area (TPSA) is 6.48 Å². The van der Waals surface area contributed by atoms with E-state index in [9.17, 15) is 0 Å².